The van der Waals surface area contributed by atoms with Crippen molar-refractivity contribution in [1.82, 2.24) is 20.3 Å². The van der Waals surface area contributed by atoms with Crippen molar-refractivity contribution < 1.29 is 33.7 Å². The fraction of sp³-hybridized carbons (Fsp3) is 0.333. The molecule has 4 aromatic rings. The number of hydrogen-bond donors (Lipinski definition) is 3. The molecule has 1 fully saturated rings. The molecule has 4 N–H and O–H groups in total. The number of non-ortho nitro benzene ring substituents is 2. The summed E-state index contributed by atoms with van der Waals surface area (Å²) in [5, 5.41) is 48.0. The largest absolute Gasteiger partial charge is 0.414 e. The zero-order valence-electron chi connectivity index (χ0n) is 31.0. The molecular weight excluding hydrogens is 801 g/mol. The number of nitro groups is 2. The second kappa shape index (κ2) is 26.8. The predicted molar refractivity (Wildman–Crippen MR) is 212 cm³/mol. The Balaban J connectivity index is 0.000000432. The summed E-state index contributed by atoms with van der Waals surface area (Å²) in [5.74, 6) is 2.01. The number of nitriles is 3. The number of ketones is 1. The number of Topliss-reactive ketones (excluding diaryl/α,β-unsaturated/α-hetero) is 1. The van der Waals surface area contributed by atoms with Gasteiger partial charge in [-0.3, -0.25) is 25.0 Å². The van der Waals surface area contributed by atoms with Gasteiger partial charge in [0, 0.05) is 74.4 Å². The number of nitrogens with zero attached hydrogens (tertiary/aromatic N) is 8. The lowest BCUT2D eigenvalue weighted by Gasteiger charge is -2.35. The van der Waals surface area contributed by atoms with Gasteiger partial charge in [0.2, 0.25) is 0 Å². The van der Waals surface area contributed by atoms with E-state index >= 15 is 0 Å². The Morgan fingerprint density at radius 3 is 1.95 bits per heavy atom. The lowest BCUT2D eigenvalue weighted by molar-refractivity contribution is -0.385. The van der Waals surface area contributed by atoms with Crippen LogP contribution in [-0.2, 0) is 4.79 Å². The summed E-state index contributed by atoms with van der Waals surface area (Å²) in [7, 11) is 2.10. The monoisotopic (exact) mass is 839 g/mol. The van der Waals surface area contributed by atoms with Gasteiger partial charge in [0.25, 0.3) is 11.4 Å². The van der Waals surface area contributed by atoms with Crippen molar-refractivity contribution in [1.29, 1.82) is 15.8 Å². The summed E-state index contributed by atoms with van der Waals surface area (Å²) < 4.78 is 9.18. The van der Waals surface area contributed by atoms with E-state index in [1.807, 2.05) is 18.3 Å². The van der Waals surface area contributed by atoms with Gasteiger partial charge in [-0.1, -0.05) is 0 Å². The van der Waals surface area contributed by atoms with Crippen LogP contribution < -0.4 is 25.4 Å². The second-order valence-electron chi connectivity index (χ2n) is 11.7. The Labute approximate surface area is 343 Å². The first-order valence-corrected chi connectivity index (χ1v) is 17.4. The topological polar surface area (TPSA) is 310 Å². The summed E-state index contributed by atoms with van der Waals surface area (Å²) in [6.45, 7) is -0.0359. The number of aromatic amines is 1. The molecule has 22 heteroatoms. The summed E-state index contributed by atoms with van der Waals surface area (Å²) >= 11 is 4.92. The van der Waals surface area contributed by atoms with Crippen LogP contribution in [0.25, 0.3) is 11.0 Å². The van der Waals surface area contributed by atoms with Crippen molar-refractivity contribution in [2.45, 2.75) is 51.0 Å². The van der Waals surface area contributed by atoms with E-state index in [1.54, 1.807) is 18.5 Å². The zero-order chi connectivity index (χ0) is 42.2. The Morgan fingerprint density at radius 2 is 1.47 bits per heavy atom. The molecule has 20 nitrogen and oxygen atoms in total. The Kier molecular flexibility index (Phi) is 22.7. The number of halogens is 2. The minimum Gasteiger partial charge on any atom is -0.414 e. The van der Waals surface area contributed by atoms with Crippen molar-refractivity contribution in [3.63, 3.8) is 0 Å². The third-order valence-corrected chi connectivity index (χ3v) is 8.05. The molecule has 0 bridgehead atoms. The number of aromatic nitrogens is 3. The SMILES string of the molecule is CN(c1ncnc2[nH]ccc12)C1CCC(CC(=O)CCC#N)CC1.Cl.N#CCN.N#CCNC(=O)Oc1ccc([N+](=O)[O-])cc1.O=C(Cl)Oc1ccc([N+](=O)[O-])cc1. The van der Waals surface area contributed by atoms with Gasteiger partial charge in [-0.15, -0.1) is 12.4 Å². The molecule has 0 saturated heterocycles. The van der Waals surface area contributed by atoms with Crippen LogP contribution in [0, 0.1) is 60.1 Å². The first kappa shape index (κ1) is 49.1. The average molecular weight is 841 g/mol. The molecular formula is C36H39Cl2N11O9. The number of H-pyrrole nitrogens is 1. The van der Waals surface area contributed by atoms with Gasteiger partial charge in [0.05, 0.1) is 40.0 Å². The number of nitro benzene ring substituents is 2. The van der Waals surface area contributed by atoms with Gasteiger partial charge >= 0.3 is 11.5 Å². The highest BCUT2D eigenvalue weighted by Crippen LogP contribution is 2.33. The fourth-order valence-electron chi connectivity index (χ4n) is 5.29. The number of nitrogens with one attached hydrogen (secondary N) is 2. The number of hydrogen-bond acceptors (Lipinski definition) is 16. The summed E-state index contributed by atoms with van der Waals surface area (Å²) in [6, 6.07) is 18.0. The predicted octanol–water partition coefficient (Wildman–Crippen LogP) is 6.65. The van der Waals surface area contributed by atoms with Crippen molar-refractivity contribution in [2.75, 3.05) is 25.0 Å². The van der Waals surface area contributed by atoms with Crippen LogP contribution in [-0.4, -0.2) is 68.3 Å². The van der Waals surface area contributed by atoms with E-state index in [1.165, 1.54) is 48.5 Å². The Hall–Kier alpha value is -6.92. The fourth-order valence-corrected chi connectivity index (χ4v) is 5.38. The number of benzene rings is 2. The van der Waals surface area contributed by atoms with E-state index in [-0.39, 0.29) is 54.2 Å². The molecule has 0 radical (unpaired) electrons. The molecule has 306 valence electrons. The normalized spacial score (nSPS) is 13.4. The molecule has 1 saturated carbocycles. The van der Waals surface area contributed by atoms with E-state index < -0.39 is 21.4 Å². The number of ether oxygens (including phenoxy) is 2. The van der Waals surface area contributed by atoms with Crippen LogP contribution in [0.1, 0.15) is 44.9 Å². The first-order chi connectivity index (χ1) is 27.3. The van der Waals surface area contributed by atoms with Crippen molar-refractivity contribution >= 4 is 69.5 Å². The zero-order valence-corrected chi connectivity index (χ0v) is 32.6. The molecule has 2 aromatic heterocycles. The van der Waals surface area contributed by atoms with Gasteiger partial charge in [0.15, 0.2) is 0 Å². The summed E-state index contributed by atoms with van der Waals surface area (Å²) in [6.07, 6.45) is 8.36. The standard InChI is InChI=1S/C18H23N5O.C9H7N3O4.C7H4ClNO4.C2H4N2.ClH/c1-23(18-16-8-10-20-17(16)21-12-22-18)14-6-4-13(5-7-14)11-15(24)3-2-9-19;10-5-6-11-9(13)16-8-3-1-7(2-4-8)12(14)15;8-7(10)13-6-3-1-5(2-4-6)9(11)12;3-1-2-4;/h8,10,12-14H,2-7,11H2,1H3,(H,20,21,22);1-4H,6H2,(H,11,13);1-4H;1,3H2;1H. The number of nitrogens with two attached hydrogens (primary N) is 1. The maximum Gasteiger partial charge on any atom is 0.413 e. The maximum absolute atomic E-state index is 11.8. The quantitative estimate of drug-likeness (QED) is 0.0616. The van der Waals surface area contributed by atoms with Crippen molar-refractivity contribution in [3.8, 4) is 29.7 Å². The first-order valence-electron chi connectivity index (χ1n) is 17.0. The van der Waals surface area contributed by atoms with Crippen molar-refractivity contribution in [3.05, 3.63) is 87.4 Å². The molecule has 0 atom stereocenters. The van der Waals surface area contributed by atoms with Crippen LogP contribution in [0.2, 0.25) is 0 Å². The van der Waals surface area contributed by atoms with Gasteiger partial charge in [-0.2, -0.15) is 15.8 Å². The number of rotatable bonds is 11. The van der Waals surface area contributed by atoms with Crippen LogP contribution >= 0.6 is 24.0 Å². The molecule has 1 aliphatic rings. The molecule has 2 aromatic carbocycles. The highest BCUT2D eigenvalue weighted by Gasteiger charge is 2.27. The molecule has 58 heavy (non-hydrogen) atoms. The van der Waals surface area contributed by atoms with Crippen LogP contribution in [0.15, 0.2) is 67.1 Å². The van der Waals surface area contributed by atoms with Gasteiger partial charge in [-0.25, -0.2) is 19.6 Å². The lowest BCUT2D eigenvalue weighted by atomic mass is 9.82. The Bertz CT molecular complexity index is 2070. The van der Waals surface area contributed by atoms with E-state index in [0.29, 0.717) is 31.2 Å². The maximum atomic E-state index is 11.8. The summed E-state index contributed by atoms with van der Waals surface area (Å²) in [5.41, 5.74) is 4.39. The number of carbonyl (C=O) groups is 3. The molecule has 5 rings (SSSR count). The van der Waals surface area contributed by atoms with E-state index in [4.69, 9.17) is 32.1 Å². The molecule has 0 aliphatic heterocycles. The van der Waals surface area contributed by atoms with Gasteiger partial charge in [0.1, 0.15) is 41.6 Å². The lowest BCUT2D eigenvalue weighted by Crippen LogP contribution is -2.36. The molecule has 0 unspecified atom stereocenters. The summed E-state index contributed by atoms with van der Waals surface area (Å²) in [4.78, 5) is 66.6. The van der Waals surface area contributed by atoms with E-state index in [9.17, 15) is 34.6 Å². The number of fused-ring (bicyclic) bond motifs is 1. The number of amides is 1. The van der Waals surface area contributed by atoms with E-state index in [0.717, 1.165) is 42.5 Å². The van der Waals surface area contributed by atoms with Gasteiger partial charge in [-0.05, 0) is 61.9 Å². The molecule has 0 spiro atoms. The third kappa shape index (κ3) is 17.7. The van der Waals surface area contributed by atoms with E-state index in [2.05, 4.69) is 42.7 Å². The van der Waals surface area contributed by atoms with Crippen LogP contribution in [0.4, 0.5) is 26.8 Å². The molecule has 2 heterocycles. The Morgan fingerprint density at radius 1 is 0.914 bits per heavy atom. The number of anilines is 1. The molecule has 1 aliphatic carbocycles. The molecule has 1 amide bonds. The number of carbonyl (C=O) groups excluding carboxylic acids is 3. The van der Waals surface area contributed by atoms with Crippen LogP contribution in [0.5, 0.6) is 11.5 Å². The van der Waals surface area contributed by atoms with Crippen molar-refractivity contribution in [2.24, 2.45) is 11.7 Å². The van der Waals surface area contributed by atoms with Gasteiger partial charge < -0.3 is 30.4 Å². The highest BCUT2D eigenvalue weighted by atomic mass is 35.5. The smallest absolute Gasteiger partial charge is 0.413 e. The highest BCUT2D eigenvalue weighted by molar-refractivity contribution is 6.61. The second-order valence-corrected chi connectivity index (χ2v) is 12.0. The average Bonchev–Trinajstić information content (AvgIpc) is 3.70. The minimum atomic E-state index is -0.978. The third-order valence-electron chi connectivity index (χ3n) is 7.97. The minimum absolute atomic E-state index is 0. The van der Waals surface area contributed by atoms with Crippen LogP contribution in [0.3, 0.4) is 0 Å².